The van der Waals surface area contributed by atoms with Gasteiger partial charge in [0.1, 0.15) is 0 Å². The summed E-state index contributed by atoms with van der Waals surface area (Å²) in [5.41, 5.74) is 0.975. The number of H-pyrrole nitrogens is 1. The smallest absolute Gasteiger partial charge is 0.0669 e. The third kappa shape index (κ3) is 1.53. The summed E-state index contributed by atoms with van der Waals surface area (Å²) in [6.07, 6.45) is 7.29. The zero-order chi connectivity index (χ0) is 8.97. The highest BCUT2D eigenvalue weighted by Gasteiger charge is 1.91. The molecule has 1 N–H and O–H groups in total. The second kappa shape index (κ2) is 3.72. The van der Waals surface area contributed by atoms with Crippen molar-refractivity contribution in [2.24, 2.45) is 0 Å². The summed E-state index contributed by atoms with van der Waals surface area (Å²) in [4.78, 5) is 0. The molecule has 12 heavy (non-hydrogen) atoms. The molecule has 0 aliphatic carbocycles. The fourth-order valence-electron chi connectivity index (χ4n) is 1.03. The van der Waals surface area contributed by atoms with Gasteiger partial charge in [0, 0.05) is 5.22 Å². The molecule has 0 aliphatic heterocycles. The van der Waals surface area contributed by atoms with Crippen LogP contribution in [0.25, 0.3) is 12.2 Å². The van der Waals surface area contributed by atoms with E-state index in [1.54, 1.807) is 12.2 Å². The molecule has 0 saturated heterocycles. The predicted molar refractivity (Wildman–Crippen MR) is 51.9 cm³/mol. The SMILES string of the molecule is C=C/C=c1/c(C)n[nH]/c1=C/C=C. The van der Waals surface area contributed by atoms with E-state index in [0.717, 1.165) is 16.3 Å². The molecule has 0 aliphatic rings. The molecule has 0 fully saturated rings. The van der Waals surface area contributed by atoms with E-state index in [9.17, 15) is 0 Å². The van der Waals surface area contributed by atoms with Crippen LogP contribution in [0, 0.1) is 6.92 Å². The number of rotatable bonds is 2. The van der Waals surface area contributed by atoms with E-state index in [4.69, 9.17) is 0 Å². The summed E-state index contributed by atoms with van der Waals surface area (Å²) in [6, 6.07) is 0. The van der Waals surface area contributed by atoms with Gasteiger partial charge < -0.3 is 0 Å². The quantitative estimate of drug-likeness (QED) is 0.676. The summed E-state index contributed by atoms with van der Waals surface area (Å²) >= 11 is 0. The van der Waals surface area contributed by atoms with Crippen molar-refractivity contribution in [3.05, 3.63) is 41.6 Å². The normalized spacial score (nSPS) is 13.4. The maximum absolute atomic E-state index is 4.07. The molecule has 2 heteroatoms. The minimum absolute atomic E-state index is 0.974. The molecule has 62 valence electrons. The zero-order valence-corrected chi connectivity index (χ0v) is 7.17. The molecule has 0 saturated carbocycles. The van der Waals surface area contributed by atoms with Crippen LogP contribution in [-0.2, 0) is 0 Å². The van der Waals surface area contributed by atoms with Crippen molar-refractivity contribution < 1.29 is 0 Å². The third-order valence-corrected chi connectivity index (χ3v) is 1.59. The summed E-state index contributed by atoms with van der Waals surface area (Å²) in [7, 11) is 0. The Kier molecular flexibility index (Phi) is 2.64. The Hall–Kier alpha value is -1.57. The number of hydrogen-bond donors (Lipinski definition) is 1. The standard InChI is InChI=1S/C10H12N2/c1-4-6-9-8(3)11-12-10(9)7-5-2/h4-7,12H,1-2H2,3H3/b9-6-,10-7+. The van der Waals surface area contributed by atoms with Crippen molar-refractivity contribution >= 4 is 12.2 Å². The average Bonchev–Trinajstić information content (AvgIpc) is 2.37. The van der Waals surface area contributed by atoms with Crippen molar-refractivity contribution in [1.82, 2.24) is 10.2 Å². The van der Waals surface area contributed by atoms with Gasteiger partial charge in [-0.2, -0.15) is 5.10 Å². The summed E-state index contributed by atoms with van der Waals surface area (Å²) in [5, 5.41) is 9.02. The van der Waals surface area contributed by atoms with E-state index >= 15 is 0 Å². The van der Waals surface area contributed by atoms with E-state index < -0.39 is 0 Å². The monoisotopic (exact) mass is 160 g/mol. The van der Waals surface area contributed by atoms with Gasteiger partial charge in [0.2, 0.25) is 0 Å². The van der Waals surface area contributed by atoms with Crippen molar-refractivity contribution in [2.45, 2.75) is 6.92 Å². The van der Waals surface area contributed by atoms with Gasteiger partial charge in [-0.15, -0.1) is 0 Å². The molecule has 0 spiro atoms. The number of hydrogen-bond acceptors (Lipinski definition) is 1. The van der Waals surface area contributed by atoms with Gasteiger partial charge in [-0.05, 0) is 13.0 Å². The summed E-state index contributed by atoms with van der Waals surface area (Å²) in [6.45, 7) is 9.22. The van der Waals surface area contributed by atoms with Crippen LogP contribution in [0.15, 0.2) is 25.3 Å². The lowest BCUT2D eigenvalue weighted by molar-refractivity contribution is 1.03. The van der Waals surface area contributed by atoms with E-state index in [1.807, 2.05) is 19.1 Å². The van der Waals surface area contributed by atoms with Crippen LogP contribution in [-0.4, -0.2) is 10.2 Å². The van der Waals surface area contributed by atoms with E-state index in [-0.39, 0.29) is 0 Å². The lowest BCUT2D eigenvalue weighted by Gasteiger charge is -1.77. The van der Waals surface area contributed by atoms with Gasteiger partial charge in [0.05, 0.1) is 11.0 Å². The van der Waals surface area contributed by atoms with Gasteiger partial charge in [0.15, 0.2) is 0 Å². The van der Waals surface area contributed by atoms with E-state index in [2.05, 4.69) is 23.4 Å². The first-order valence-electron chi connectivity index (χ1n) is 3.76. The first-order chi connectivity index (χ1) is 5.79. The van der Waals surface area contributed by atoms with Gasteiger partial charge >= 0.3 is 0 Å². The molecule has 1 aromatic heterocycles. The number of nitrogens with zero attached hydrogens (tertiary/aromatic N) is 1. The van der Waals surface area contributed by atoms with Gasteiger partial charge in [0.25, 0.3) is 0 Å². The van der Waals surface area contributed by atoms with Crippen molar-refractivity contribution in [2.75, 3.05) is 0 Å². The van der Waals surface area contributed by atoms with Crippen LogP contribution in [0.1, 0.15) is 5.69 Å². The third-order valence-electron chi connectivity index (χ3n) is 1.59. The second-order valence-corrected chi connectivity index (χ2v) is 2.44. The number of nitrogens with one attached hydrogen (secondary N) is 1. The van der Waals surface area contributed by atoms with Crippen LogP contribution in [0.3, 0.4) is 0 Å². The minimum Gasteiger partial charge on any atom is -0.278 e. The van der Waals surface area contributed by atoms with Gasteiger partial charge in [-0.3, -0.25) is 5.10 Å². The molecule has 0 atom stereocenters. The molecular formula is C10H12N2. The number of aromatic amines is 1. The van der Waals surface area contributed by atoms with E-state index in [0.29, 0.717) is 0 Å². The molecule has 2 nitrogen and oxygen atoms in total. The van der Waals surface area contributed by atoms with Crippen LogP contribution in [0.4, 0.5) is 0 Å². The Labute approximate surface area is 71.6 Å². The molecule has 1 heterocycles. The minimum atomic E-state index is 0.974. The van der Waals surface area contributed by atoms with E-state index in [1.165, 1.54) is 0 Å². The first-order valence-corrected chi connectivity index (χ1v) is 3.76. The number of aryl methyl sites for hydroxylation is 1. The van der Waals surface area contributed by atoms with Gasteiger partial charge in [-0.1, -0.05) is 31.4 Å². The lowest BCUT2D eigenvalue weighted by Crippen LogP contribution is -2.23. The molecule has 0 unspecified atom stereocenters. The van der Waals surface area contributed by atoms with Crippen LogP contribution in [0.5, 0.6) is 0 Å². The maximum Gasteiger partial charge on any atom is 0.0669 e. The van der Waals surface area contributed by atoms with Crippen LogP contribution < -0.4 is 10.6 Å². The highest BCUT2D eigenvalue weighted by molar-refractivity contribution is 5.41. The zero-order valence-electron chi connectivity index (χ0n) is 7.17. The lowest BCUT2D eigenvalue weighted by atomic mass is 10.3. The fourth-order valence-corrected chi connectivity index (χ4v) is 1.03. The van der Waals surface area contributed by atoms with Crippen LogP contribution in [0.2, 0.25) is 0 Å². The highest BCUT2D eigenvalue weighted by Crippen LogP contribution is 1.75. The average molecular weight is 160 g/mol. The topological polar surface area (TPSA) is 28.7 Å². The maximum atomic E-state index is 4.07. The first kappa shape index (κ1) is 8.53. The Morgan fingerprint density at radius 3 is 2.50 bits per heavy atom. The Morgan fingerprint density at radius 1 is 1.25 bits per heavy atom. The second-order valence-electron chi connectivity index (χ2n) is 2.44. The molecule has 1 aromatic rings. The molecule has 1 rings (SSSR count). The fraction of sp³-hybridized carbons (Fsp3) is 0.100. The molecule has 0 aromatic carbocycles. The molecule has 0 radical (unpaired) electrons. The Balaban J connectivity index is 3.52. The van der Waals surface area contributed by atoms with Crippen molar-refractivity contribution in [3.63, 3.8) is 0 Å². The Bertz CT molecular complexity index is 396. The van der Waals surface area contributed by atoms with Crippen LogP contribution >= 0.6 is 0 Å². The molecule has 0 bridgehead atoms. The summed E-state index contributed by atoms with van der Waals surface area (Å²) < 4.78 is 0. The number of aromatic nitrogens is 2. The predicted octanol–water partition coefficient (Wildman–Crippen LogP) is 0.651. The number of allylic oxidation sites excluding steroid dienone is 2. The Morgan fingerprint density at radius 2 is 1.92 bits per heavy atom. The largest absolute Gasteiger partial charge is 0.278 e. The summed E-state index contributed by atoms with van der Waals surface area (Å²) in [5.74, 6) is 0. The van der Waals surface area contributed by atoms with Gasteiger partial charge in [-0.25, -0.2) is 0 Å². The van der Waals surface area contributed by atoms with Crippen molar-refractivity contribution in [1.29, 1.82) is 0 Å². The molecular weight excluding hydrogens is 148 g/mol. The van der Waals surface area contributed by atoms with Crippen molar-refractivity contribution in [3.8, 4) is 0 Å². The highest BCUT2D eigenvalue weighted by atomic mass is 15.1. The molecule has 0 amide bonds.